The average Bonchev–Trinajstić information content (AvgIpc) is 3.37. The van der Waals surface area contributed by atoms with Crippen LogP contribution in [0.4, 0.5) is 5.69 Å². The Bertz CT molecular complexity index is 1110. The molecule has 0 saturated heterocycles. The van der Waals surface area contributed by atoms with Gasteiger partial charge in [-0.2, -0.15) is 0 Å². The Hall–Kier alpha value is -2.99. The number of para-hydroxylation sites is 1. The van der Waals surface area contributed by atoms with Crippen molar-refractivity contribution in [2.24, 2.45) is 0 Å². The van der Waals surface area contributed by atoms with Crippen molar-refractivity contribution < 1.29 is 4.79 Å². The summed E-state index contributed by atoms with van der Waals surface area (Å²) in [4.78, 5) is 20.6. The molecule has 4 aromatic rings. The number of aromatic nitrogens is 3. The maximum atomic E-state index is 12.8. The molecule has 1 aliphatic heterocycles. The predicted octanol–water partition coefficient (Wildman–Crippen LogP) is 4.39. The zero-order valence-corrected chi connectivity index (χ0v) is 14.7. The second kappa shape index (κ2) is 6.07. The number of aryl methyl sites for hydroxylation is 1. The molecule has 0 spiro atoms. The molecule has 5 rings (SSSR count). The fourth-order valence-electron chi connectivity index (χ4n) is 3.24. The molecule has 26 heavy (non-hydrogen) atoms. The number of imidazole rings is 1. The molecule has 2 N–H and O–H groups in total. The number of nitrogens with one attached hydrogen (secondary N) is 2. The van der Waals surface area contributed by atoms with Crippen molar-refractivity contribution in [3.63, 3.8) is 0 Å². The van der Waals surface area contributed by atoms with Gasteiger partial charge in [0, 0.05) is 46.7 Å². The Morgan fingerprint density at radius 2 is 2.12 bits per heavy atom. The quantitative estimate of drug-likeness (QED) is 0.570. The van der Waals surface area contributed by atoms with Gasteiger partial charge in [0.05, 0.1) is 11.4 Å². The van der Waals surface area contributed by atoms with Crippen LogP contribution in [-0.2, 0) is 6.54 Å². The molecule has 128 valence electrons. The lowest BCUT2D eigenvalue weighted by Crippen LogP contribution is -2.12. The SMILES string of the molecule is O=C(Nc1ccccc1-c1cn2c(n1)SCC2)c1ccc2[nH]ccc2c1. The van der Waals surface area contributed by atoms with Crippen LogP contribution in [-0.4, -0.2) is 26.2 Å². The second-order valence-electron chi connectivity index (χ2n) is 6.23. The molecule has 0 bridgehead atoms. The van der Waals surface area contributed by atoms with Gasteiger partial charge in [-0.1, -0.05) is 30.0 Å². The third-order valence-corrected chi connectivity index (χ3v) is 5.54. The molecule has 0 atom stereocenters. The summed E-state index contributed by atoms with van der Waals surface area (Å²) in [6, 6.07) is 15.4. The van der Waals surface area contributed by atoms with E-state index in [1.807, 2.05) is 54.7 Å². The Balaban J connectivity index is 1.47. The van der Waals surface area contributed by atoms with Crippen molar-refractivity contribution in [3.05, 3.63) is 66.5 Å². The molecule has 0 radical (unpaired) electrons. The van der Waals surface area contributed by atoms with Gasteiger partial charge >= 0.3 is 0 Å². The van der Waals surface area contributed by atoms with Crippen molar-refractivity contribution >= 4 is 34.3 Å². The van der Waals surface area contributed by atoms with E-state index in [9.17, 15) is 4.79 Å². The molecule has 5 nitrogen and oxygen atoms in total. The van der Waals surface area contributed by atoms with Crippen LogP contribution in [0.1, 0.15) is 10.4 Å². The van der Waals surface area contributed by atoms with Crippen LogP contribution in [0.25, 0.3) is 22.2 Å². The summed E-state index contributed by atoms with van der Waals surface area (Å²) < 4.78 is 2.17. The van der Waals surface area contributed by atoms with E-state index in [0.29, 0.717) is 5.56 Å². The van der Waals surface area contributed by atoms with Gasteiger partial charge in [-0.05, 0) is 30.3 Å². The van der Waals surface area contributed by atoms with Crippen molar-refractivity contribution in [1.29, 1.82) is 0 Å². The summed E-state index contributed by atoms with van der Waals surface area (Å²) in [6.45, 7) is 0.984. The summed E-state index contributed by atoms with van der Waals surface area (Å²) >= 11 is 1.76. The predicted molar refractivity (Wildman–Crippen MR) is 105 cm³/mol. The molecule has 0 aliphatic carbocycles. The minimum absolute atomic E-state index is 0.123. The number of fused-ring (bicyclic) bond motifs is 2. The van der Waals surface area contributed by atoms with Gasteiger partial charge in [0.15, 0.2) is 5.16 Å². The lowest BCUT2D eigenvalue weighted by Gasteiger charge is -2.10. The van der Waals surface area contributed by atoms with Gasteiger partial charge in [-0.3, -0.25) is 4.79 Å². The van der Waals surface area contributed by atoms with Gasteiger partial charge in [0.2, 0.25) is 0 Å². The van der Waals surface area contributed by atoms with Gasteiger partial charge in [-0.15, -0.1) is 0 Å². The van der Waals surface area contributed by atoms with Crippen molar-refractivity contribution in [2.45, 2.75) is 11.7 Å². The number of thioether (sulfide) groups is 1. The number of hydrogen-bond donors (Lipinski definition) is 2. The number of H-pyrrole nitrogens is 1. The van der Waals surface area contributed by atoms with Gasteiger partial charge in [0.25, 0.3) is 5.91 Å². The van der Waals surface area contributed by atoms with Crippen LogP contribution in [0, 0.1) is 0 Å². The minimum atomic E-state index is -0.123. The lowest BCUT2D eigenvalue weighted by atomic mass is 10.1. The maximum absolute atomic E-state index is 12.8. The first-order valence-corrected chi connectivity index (χ1v) is 9.44. The zero-order valence-electron chi connectivity index (χ0n) is 13.9. The summed E-state index contributed by atoms with van der Waals surface area (Å²) in [5, 5.41) is 5.10. The van der Waals surface area contributed by atoms with Crippen LogP contribution in [0.15, 0.2) is 66.1 Å². The molecular weight excluding hydrogens is 344 g/mol. The molecule has 2 aromatic carbocycles. The highest BCUT2D eigenvalue weighted by Gasteiger charge is 2.18. The van der Waals surface area contributed by atoms with E-state index in [4.69, 9.17) is 4.98 Å². The van der Waals surface area contributed by atoms with Gasteiger partial charge < -0.3 is 14.9 Å². The zero-order chi connectivity index (χ0) is 17.5. The lowest BCUT2D eigenvalue weighted by molar-refractivity contribution is 0.102. The minimum Gasteiger partial charge on any atom is -0.361 e. The first-order valence-electron chi connectivity index (χ1n) is 8.46. The number of aromatic amines is 1. The van der Waals surface area contributed by atoms with Crippen LogP contribution in [0.5, 0.6) is 0 Å². The number of hydrogen-bond acceptors (Lipinski definition) is 3. The monoisotopic (exact) mass is 360 g/mol. The normalized spacial score (nSPS) is 13.1. The van der Waals surface area contributed by atoms with E-state index in [0.717, 1.165) is 45.3 Å². The third kappa shape index (κ3) is 2.59. The third-order valence-electron chi connectivity index (χ3n) is 4.57. The molecule has 6 heteroatoms. The number of carbonyl (C=O) groups excluding carboxylic acids is 1. The average molecular weight is 360 g/mol. The Morgan fingerprint density at radius 3 is 3.04 bits per heavy atom. The highest BCUT2D eigenvalue weighted by molar-refractivity contribution is 7.99. The highest BCUT2D eigenvalue weighted by atomic mass is 32.2. The van der Waals surface area contributed by atoms with E-state index in [1.54, 1.807) is 11.8 Å². The van der Waals surface area contributed by atoms with Gasteiger partial charge in [0.1, 0.15) is 0 Å². The first-order chi connectivity index (χ1) is 12.8. The molecular formula is C20H16N4OS. The molecule has 0 saturated carbocycles. The summed E-state index contributed by atoms with van der Waals surface area (Å²) in [7, 11) is 0. The van der Waals surface area contributed by atoms with E-state index < -0.39 is 0 Å². The first kappa shape index (κ1) is 15.3. The number of nitrogens with zero attached hydrogens (tertiary/aromatic N) is 2. The maximum Gasteiger partial charge on any atom is 0.255 e. The number of anilines is 1. The molecule has 0 unspecified atom stereocenters. The number of benzene rings is 2. The Morgan fingerprint density at radius 1 is 1.19 bits per heavy atom. The van der Waals surface area contributed by atoms with Gasteiger partial charge in [-0.25, -0.2) is 4.98 Å². The van der Waals surface area contributed by atoms with E-state index >= 15 is 0 Å². The standard InChI is InChI=1S/C20H16N4OS/c25-19(14-5-6-16-13(11-14)7-8-21-16)22-17-4-2-1-3-15(17)18-12-24-9-10-26-20(24)23-18/h1-8,11-12,21H,9-10H2,(H,22,25). The number of carbonyl (C=O) groups is 1. The Kier molecular flexibility index (Phi) is 3.57. The largest absolute Gasteiger partial charge is 0.361 e. The fraction of sp³-hybridized carbons (Fsp3) is 0.100. The van der Waals surface area contributed by atoms with Crippen LogP contribution in [0.2, 0.25) is 0 Å². The molecule has 0 fully saturated rings. The summed E-state index contributed by atoms with van der Waals surface area (Å²) in [6.07, 6.45) is 3.93. The summed E-state index contributed by atoms with van der Waals surface area (Å²) in [5.41, 5.74) is 4.26. The van der Waals surface area contributed by atoms with Crippen LogP contribution >= 0.6 is 11.8 Å². The van der Waals surface area contributed by atoms with Crippen LogP contribution < -0.4 is 5.32 Å². The number of rotatable bonds is 3. The molecule has 2 aromatic heterocycles. The molecule has 3 heterocycles. The fourth-order valence-corrected chi connectivity index (χ4v) is 4.19. The van der Waals surface area contributed by atoms with Crippen molar-refractivity contribution in [1.82, 2.24) is 14.5 Å². The van der Waals surface area contributed by atoms with Crippen molar-refractivity contribution in [2.75, 3.05) is 11.1 Å². The number of amides is 1. The van der Waals surface area contributed by atoms with E-state index in [-0.39, 0.29) is 5.91 Å². The Labute approximate surface area is 154 Å². The smallest absolute Gasteiger partial charge is 0.255 e. The topological polar surface area (TPSA) is 62.7 Å². The molecule has 1 aliphatic rings. The molecule has 1 amide bonds. The van der Waals surface area contributed by atoms with E-state index in [2.05, 4.69) is 21.1 Å². The second-order valence-corrected chi connectivity index (χ2v) is 7.29. The highest BCUT2D eigenvalue weighted by Crippen LogP contribution is 2.32. The summed E-state index contributed by atoms with van der Waals surface area (Å²) in [5.74, 6) is 0.949. The van der Waals surface area contributed by atoms with E-state index in [1.165, 1.54) is 0 Å². The van der Waals surface area contributed by atoms with Crippen LogP contribution in [0.3, 0.4) is 0 Å². The van der Waals surface area contributed by atoms with Crippen molar-refractivity contribution in [3.8, 4) is 11.3 Å².